The first kappa shape index (κ1) is 17.7. The van der Waals surface area contributed by atoms with E-state index in [1.165, 1.54) is 0 Å². The standard InChI is InChI=1S/C13H26N2O2.ClH/c1-2-7-14-8-9-15-13(16)4-3-12-5-10-17-11-6-12;/h12,14H,2-11H2,1H3,(H,15,16);1H. The van der Waals surface area contributed by atoms with Crippen molar-refractivity contribution in [1.29, 1.82) is 0 Å². The summed E-state index contributed by atoms with van der Waals surface area (Å²) in [6.07, 6.45) is 5.05. The van der Waals surface area contributed by atoms with Gasteiger partial charge in [0.1, 0.15) is 0 Å². The Balaban J connectivity index is 0.00000289. The van der Waals surface area contributed by atoms with Crippen LogP contribution in [0.25, 0.3) is 0 Å². The quantitative estimate of drug-likeness (QED) is 0.665. The van der Waals surface area contributed by atoms with Gasteiger partial charge in [0, 0.05) is 32.7 Å². The lowest BCUT2D eigenvalue weighted by Gasteiger charge is -2.21. The molecule has 0 unspecified atom stereocenters. The van der Waals surface area contributed by atoms with Crippen molar-refractivity contribution >= 4 is 18.3 Å². The van der Waals surface area contributed by atoms with Crippen LogP contribution in [0.2, 0.25) is 0 Å². The minimum atomic E-state index is 0. The Labute approximate surface area is 117 Å². The molecule has 18 heavy (non-hydrogen) atoms. The number of ether oxygens (including phenoxy) is 1. The SMILES string of the molecule is CCCNCCNC(=O)CCC1CCOCC1.Cl. The molecule has 1 fully saturated rings. The third-order valence-corrected chi connectivity index (χ3v) is 3.17. The highest BCUT2D eigenvalue weighted by molar-refractivity contribution is 5.85. The van der Waals surface area contributed by atoms with Crippen LogP contribution in [0.4, 0.5) is 0 Å². The van der Waals surface area contributed by atoms with Crippen LogP contribution < -0.4 is 10.6 Å². The monoisotopic (exact) mass is 278 g/mol. The van der Waals surface area contributed by atoms with Gasteiger partial charge in [-0.05, 0) is 38.1 Å². The fraction of sp³-hybridized carbons (Fsp3) is 0.923. The lowest BCUT2D eigenvalue weighted by atomic mass is 9.95. The zero-order chi connectivity index (χ0) is 12.3. The molecule has 5 heteroatoms. The Morgan fingerprint density at radius 1 is 1.22 bits per heavy atom. The molecule has 0 radical (unpaired) electrons. The number of nitrogens with one attached hydrogen (secondary N) is 2. The van der Waals surface area contributed by atoms with Gasteiger partial charge in [0.05, 0.1) is 0 Å². The normalized spacial score (nSPS) is 16.1. The Kier molecular flexibility index (Phi) is 11.5. The Morgan fingerprint density at radius 2 is 1.94 bits per heavy atom. The van der Waals surface area contributed by atoms with Gasteiger partial charge in [-0.2, -0.15) is 0 Å². The third-order valence-electron chi connectivity index (χ3n) is 3.17. The second-order valence-electron chi connectivity index (χ2n) is 4.69. The number of hydrogen-bond donors (Lipinski definition) is 2. The minimum Gasteiger partial charge on any atom is -0.381 e. The molecule has 0 aromatic carbocycles. The van der Waals surface area contributed by atoms with Gasteiger partial charge >= 0.3 is 0 Å². The van der Waals surface area contributed by atoms with E-state index < -0.39 is 0 Å². The summed E-state index contributed by atoms with van der Waals surface area (Å²) in [7, 11) is 0. The summed E-state index contributed by atoms with van der Waals surface area (Å²) in [5.74, 6) is 0.877. The summed E-state index contributed by atoms with van der Waals surface area (Å²) in [4.78, 5) is 11.5. The van der Waals surface area contributed by atoms with Crippen LogP contribution in [0.1, 0.15) is 39.0 Å². The molecule has 0 saturated carbocycles. The fourth-order valence-electron chi connectivity index (χ4n) is 2.05. The maximum Gasteiger partial charge on any atom is 0.220 e. The molecular weight excluding hydrogens is 252 g/mol. The molecule has 1 rings (SSSR count). The lowest BCUT2D eigenvalue weighted by molar-refractivity contribution is -0.121. The maximum absolute atomic E-state index is 11.5. The van der Waals surface area contributed by atoms with E-state index in [4.69, 9.17) is 4.74 Å². The summed E-state index contributed by atoms with van der Waals surface area (Å²) in [6, 6.07) is 0. The van der Waals surface area contributed by atoms with E-state index in [0.717, 1.165) is 58.5 Å². The van der Waals surface area contributed by atoms with Gasteiger partial charge < -0.3 is 15.4 Å². The molecule has 1 aliphatic rings. The van der Waals surface area contributed by atoms with Crippen LogP contribution in [-0.2, 0) is 9.53 Å². The number of carbonyl (C=O) groups is 1. The van der Waals surface area contributed by atoms with Gasteiger partial charge in [0.2, 0.25) is 5.91 Å². The highest BCUT2D eigenvalue weighted by Gasteiger charge is 2.14. The smallest absolute Gasteiger partial charge is 0.220 e. The van der Waals surface area contributed by atoms with Gasteiger partial charge in [-0.3, -0.25) is 4.79 Å². The topological polar surface area (TPSA) is 50.4 Å². The number of halogens is 1. The van der Waals surface area contributed by atoms with Crippen molar-refractivity contribution in [1.82, 2.24) is 10.6 Å². The van der Waals surface area contributed by atoms with Gasteiger partial charge in [-0.25, -0.2) is 0 Å². The van der Waals surface area contributed by atoms with Gasteiger partial charge in [-0.1, -0.05) is 6.92 Å². The number of hydrogen-bond acceptors (Lipinski definition) is 3. The van der Waals surface area contributed by atoms with Crippen molar-refractivity contribution in [3.8, 4) is 0 Å². The lowest BCUT2D eigenvalue weighted by Crippen LogP contribution is -2.32. The van der Waals surface area contributed by atoms with Crippen LogP contribution in [0.5, 0.6) is 0 Å². The predicted octanol–water partition coefficient (Wildman–Crippen LogP) is 1.73. The first-order valence-corrected chi connectivity index (χ1v) is 6.88. The van der Waals surface area contributed by atoms with Crippen molar-refractivity contribution < 1.29 is 9.53 Å². The number of amides is 1. The van der Waals surface area contributed by atoms with E-state index in [0.29, 0.717) is 12.3 Å². The molecule has 1 saturated heterocycles. The van der Waals surface area contributed by atoms with Crippen LogP contribution in [0, 0.1) is 5.92 Å². The average Bonchev–Trinajstić information content (AvgIpc) is 2.37. The highest BCUT2D eigenvalue weighted by atomic mass is 35.5. The minimum absolute atomic E-state index is 0. The van der Waals surface area contributed by atoms with E-state index >= 15 is 0 Å². The zero-order valence-electron chi connectivity index (χ0n) is 11.4. The summed E-state index contributed by atoms with van der Waals surface area (Å²) in [6.45, 7) is 6.52. The second kappa shape index (κ2) is 11.8. The van der Waals surface area contributed by atoms with Crippen molar-refractivity contribution in [2.45, 2.75) is 39.0 Å². The molecule has 0 bridgehead atoms. The molecular formula is C13H27ClN2O2. The predicted molar refractivity (Wildman–Crippen MR) is 76.2 cm³/mol. The largest absolute Gasteiger partial charge is 0.381 e. The molecule has 0 aromatic rings. The maximum atomic E-state index is 11.5. The van der Waals surface area contributed by atoms with Crippen molar-refractivity contribution in [2.75, 3.05) is 32.8 Å². The van der Waals surface area contributed by atoms with E-state index in [2.05, 4.69) is 17.6 Å². The molecule has 108 valence electrons. The summed E-state index contributed by atoms with van der Waals surface area (Å²) in [5, 5.41) is 6.21. The molecule has 4 nitrogen and oxygen atoms in total. The van der Waals surface area contributed by atoms with E-state index in [-0.39, 0.29) is 18.3 Å². The van der Waals surface area contributed by atoms with Gasteiger partial charge in [0.25, 0.3) is 0 Å². The molecule has 1 aliphatic heterocycles. The van der Waals surface area contributed by atoms with Crippen molar-refractivity contribution in [3.05, 3.63) is 0 Å². The zero-order valence-corrected chi connectivity index (χ0v) is 12.2. The van der Waals surface area contributed by atoms with Crippen molar-refractivity contribution in [2.24, 2.45) is 5.92 Å². The number of carbonyl (C=O) groups excluding carboxylic acids is 1. The Bertz CT molecular complexity index is 209. The highest BCUT2D eigenvalue weighted by Crippen LogP contribution is 2.19. The fourth-order valence-corrected chi connectivity index (χ4v) is 2.05. The third kappa shape index (κ3) is 8.72. The van der Waals surface area contributed by atoms with Crippen LogP contribution in [0.3, 0.4) is 0 Å². The van der Waals surface area contributed by atoms with Crippen LogP contribution >= 0.6 is 12.4 Å². The Morgan fingerprint density at radius 3 is 2.61 bits per heavy atom. The number of rotatable bonds is 8. The summed E-state index contributed by atoms with van der Waals surface area (Å²) < 4.78 is 5.30. The molecule has 0 atom stereocenters. The van der Waals surface area contributed by atoms with Gasteiger partial charge in [-0.15, -0.1) is 12.4 Å². The van der Waals surface area contributed by atoms with E-state index in [1.807, 2.05) is 0 Å². The molecule has 0 aliphatic carbocycles. The molecule has 1 heterocycles. The summed E-state index contributed by atoms with van der Waals surface area (Å²) in [5.41, 5.74) is 0. The first-order valence-electron chi connectivity index (χ1n) is 6.88. The molecule has 0 aromatic heterocycles. The molecule has 2 N–H and O–H groups in total. The van der Waals surface area contributed by atoms with E-state index in [9.17, 15) is 4.79 Å². The second-order valence-corrected chi connectivity index (χ2v) is 4.69. The van der Waals surface area contributed by atoms with Crippen molar-refractivity contribution in [3.63, 3.8) is 0 Å². The molecule has 0 spiro atoms. The van der Waals surface area contributed by atoms with Gasteiger partial charge in [0.15, 0.2) is 0 Å². The first-order chi connectivity index (χ1) is 8.33. The van der Waals surface area contributed by atoms with Crippen LogP contribution in [-0.4, -0.2) is 38.8 Å². The molecule has 1 amide bonds. The van der Waals surface area contributed by atoms with E-state index in [1.54, 1.807) is 0 Å². The summed E-state index contributed by atoms with van der Waals surface area (Å²) >= 11 is 0. The average molecular weight is 279 g/mol. The Hall–Kier alpha value is -0.320. The van der Waals surface area contributed by atoms with Crippen LogP contribution in [0.15, 0.2) is 0 Å².